The minimum absolute atomic E-state index is 0.114. The number of carbonyl (C=O) groups is 1. The van der Waals surface area contributed by atoms with Crippen molar-refractivity contribution in [3.8, 4) is 0 Å². The number of anilines is 1. The third-order valence-corrected chi connectivity index (χ3v) is 2.88. The molecule has 106 valence electrons. The first-order chi connectivity index (χ1) is 10.2. The standard InChI is InChI=1S/C14H14N6O/c1-10-16-13(19-18-10)14(21)17-12-7-15-20(9-12)8-11-5-3-2-4-6-11/h2-7,9H,8H2,1H3,(H,17,21)(H,16,18,19). The Kier molecular flexibility index (Phi) is 3.46. The van der Waals surface area contributed by atoms with Crippen LogP contribution in [0.3, 0.4) is 0 Å². The summed E-state index contributed by atoms with van der Waals surface area (Å²) in [7, 11) is 0. The van der Waals surface area contributed by atoms with E-state index in [4.69, 9.17) is 0 Å². The molecule has 2 heterocycles. The van der Waals surface area contributed by atoms with Crippen molar-refractivity contribution in [2.45, 2.75) is 13.5 Å². The highest BCUT2D eigenvalue weighted by Crippen LogP contribution is 2.09. The SMILES string of the molecule is Cc1nc(C(=O)Nc2cnn(Cc3ccccc3)c2)n[nH]1. The van der Waals surface area contributed by atoms with E-state index in [1.807, 2.05) is 30.3 Å². The van der Waals surface area contributed by atoms with Gasteiger partial charge >= 0.3 is 0 Å². The van der Waals surface area contributed by atoms with Gasteiger partial charge in [0, 0.05) is 6.20 Å². The highest BCUT2D eigenvalue weighted by molar-refractivity contribution is 6.01. The van der Waals surface area contributed by atoms with Gasteiger partial charge < -0.3 is 5.32 Å². The highest BCUT2D eigenvalue weighted by atomic mass is 16.2. The van der Waals surface area contributed by atoms with Gasteiger partial charge in [0.1, 0.15) is 5.82 Å². The summed E-state index contributed by atoms with van der Waals surface area (Å²) in [5.74, 6) is 0.349. The molecule has 0 aliphatic rings. The summed E-state index contributed by atoms with van der Waals surface area (Å²) in [4.78, 5) is 15.9. The highest BCUT2D eigenvalue weighted by Gasteiger charge is 2.12. The number of carbonyl (C=O) groups excluding carboxylic acids is 1. The molecule has 2 aromatic heterocycles. The summed E-state index contributed by atoms with van der Waals surface area (Å²) < 4.78 is 1.76. The van der Waals surface area contributed by atoms with Crippen molar-refractivity contribution in [1.29, 1.82) is 0 Å². The van der Waals surface area contributed by atoms with E-state index in [1.165, 1.54) is 0 Å². The molecule has 0 saturated heterocycles. The number of aromatic amines is 1. The number of rotatable bonds is 4. The maximum atomic E-state index is 11.9. The summed E-state index contributed by atoms with van der Waals surface area (Å²) in [6, 6.07) is 9.98. The Bertz CT molecular complexity index is 746. The molecule has 0 saturated carbocycles. The van der Waals surface area contributed by atoms with Gasteiger partial charge in [-0.15, -0.1) is 5.10 Å². The fraction of sp³-hybridized carbons (Fsp3) is 0.143. The molecule has 3 rings (SSSR count). The molecule has 0 atom stereocenters. The molecule has 0 bridgehead atoms. The number of amides is 1. The molecule has 7 heteroatoms. The largest absolute Gasteiger partial charge is 0.316 e. The molecular formula is C14H14N6O. The Hall–Kier alpha value is -2.96. The van der Waals surface area contributed by atoms with Crippen LogP contribution in [0.4, 0.5) is 5.69 Å². The second-order valence-electron chi connectivity index (χ2n) is 4.61. The Labute approximate surface area is 121 Å². The normalized spacial score (nSPS) is 10.5. The molecule has 21 heavy (non-hydrogen) atoms. The van der Waals surface area contributed by atoms with Gasteiger partial charge in [0.05, 0.1) is 18.4 Å². The molecule has 0 aliphatic heterocycles. The summed E-state index contributed by atoms with van der Waals surface area (Å²) >= 11 is 0. The van der Waals surface area contributed by atoms with Crippen LogP contribution < -0.4 is 5.32 Å². The van der Waals surface area contributed by atoms with E-state index >= 15 is 0 Å². The van der Waals surface area contributed by atoms with Crippen LogP contribution in [0.1, 0.15) is 22.0 Å². The Morgan fingerprint density at radius 2 is 2.14 bits per heavy atom. The molecule has 0 aliphatic carbocycles. The molecule has 0 fully saturated rings. The zero-order valence-electron chi connectivity index (χ0n) is 11.4. The number of aryl methyl sites for hydroxylation is 1. The van der Waals surface area contributed by atoms with Crippen molar-refractivity contribution in [3.05, 3.63) is 59.9 Å². The molecule has 0 radical (unpaired) electrons. The van der Waals surface area contributed by atoms with Gasteiger partial charge in [-0.3, -0.25) is 14.6 Å². The maximum Gasteiger partial charge on any atom is 0.295 e. The van der Waals surface area contributed by atoms with Crippen LogP contribution in [-0.4, -0.2) is 30.9 Å². The molecule has 3 aromatic rings. The predicted molar refractivity (Wildman–Crippen MR) is 76.8 cm³/mol. The average Bonchev–Trinajstić information content (AvgIpc) is 3.09. The third kappa shape index (κ3) is 3.14. The maximum absolute atomic E-state index is 11.9. The average molecular weight is 282 g/mol. The van der Waals surface area contributed by atoms with Crippen LogP contribution in [-0.2, 0) is 6.54 Å². The van der Waals surface area contributed by atoms with Gasteiger partial charge in [0.25, 0.3) is 5.91 Å². The lowest BCUT2D eigenvalue weighted by molar-refractivity contribution is 0.101. The van der Waals surface area contributed by atoms with Gasteiger partial charge in [-0.2, -0.15) is 5.10 Å². The summed E-state index contributed by atoms with van der Waals surface area (Å²) in [6.07, 6.45) is 3.37. The van der Waals surface area contributed by atoms with E-state index in [1.54, 1.807) is 24.0 Å². The number of benzene rings is 1. The van der Waals surface area contributed by atoms with Crippen LogP contribution in [0.5, 0.6) is 0 Å². The molecule has 1 amide bonds. The summed E-state index contributed by atoms with van der Waals surface area (Å²) in [6.45, 7) is 2.39. The summed E-state index contributed by atoms with van der Waals surface area (Å²) in [5, 5.41) is 13.4. The van der Waals surface area contributed by atoms with Crippen molar-refractivity contribution >= 4 is 11.6 Å². The van der Waals surface area contributed by atoms with E-state index in [0.717, 1.165) is 5.56 Å². The fourth-order valence-electron chi connectivity index (χ4n) is 1.92. The molecule has 2 N–H and O–H groups in total. The molecular weight excluding hydrogens is 268 g/mol. The third-order valence-electron chi connectivity index (χ3n) is 2.88. The smallest absolute Gasteiger partial charge is 0.295 e. The Morgan fingerprint density at radius 1 is 1.33 bits per heavy atom. The van der Waals surface area contributed by atoms with Crippen molar-refractivity contribution in [3.63, 3.8) is 0 Å². The zero-order chi connectivity index (χ0) is 14.7. The first-order valence-corrected chi connectivity index (χ1v) is 6.47. The Balaban J connectivity index is 1.66. The lowest BCUT2D eigenvalue weighted by atomic mass is 10.2. The second-order valence-corrected chi connectivity index (χ2v) is 4.61. The molecule has 7 nitrogen and oxygen atoms in total. The van der Waals surface area contributed by atoms with E-state index in [9.17, 15) is 4.79 Å². The van der Waals surface area contributed by atoms with Gasteiger partial charge in [0.15, 0.2) is 0 Å². The second kappa shape index (κ2) is 5.58. The number of nitrogens with zero attached hydrogens (tertiary/aromatic N) is 4. The number of hydrogen-bond acceptors (Lipinski definition) is 4. The number of aromatic nitrogens is 5. The Morgan fingerprint density at radius 3 is 2.86 bits per heavy atom. The molecule has 0 spiro atoms. The number of hydrogen-bond donors (Lipinski definition) is 2. The minimum Gasteiger partial charge on any atom is -0.316 e. The van der Waals surface area contributed by atoms with E-state index in [-0.39, 0.29) is 11.7 Å². The summed E-state index contributed by atoms with van der Waals surface area (Å²) in [5.41, 5.74) is 1.75. The van der Waals surface area contributed by atoms with Crippen molar-refractivity contribution in [1.82, 2.24) is 25.0 Å². The van der Waals surface area contributed by atoms with E-state index in [2.05, 4.69) is 25.6 Å². The quantitative estimate of drug-likeness (QED) is 0.761. The van der Waals surface area contributed by atoms with Gasteiger partial charge in [-0.05, 0) is 12.5 Å². The van der Waals surface area contributed by atoms with Crippen LogP contribution in [0, 0.1) is 6.92 Å². The van der Waals surface area contributed by atoms with Crippen LogP contribution in [0.15, 0.2) is 42.7 Å². The first kappa shape index (κ1) is 13.0. The van der Waals surface area contributed by atoms with E-state index < -0.39 is 0 Å². The van der Waals surface area contributed by atoms with Crippen molar-refractivity contribution in [2.75, 3.05) is 5.32 Å². The van der Waals surface area contributed by atoms with Gasteiger partial charge in [-0.1, -0.05) is 30.3 Å². The lowest BCUT2D eigenvalue weighted by Crippen LogP contribution is -2.13. The molecule has 0 unspecified atom stereocenters. The van der Waals surface area contributed by atoms with E-state index in [0.29, 0.717) is 18.1 Å². The van der Waals surface area contributed by atoms with Gasteiger partial charge in [-0.25, -0.2) is 4.98 Å². The first-order valence-electron chi connectivity index (χ1n) is 6.47. The number of nitrogens with one attached hydrogen (secondary N) is 2. The number of H-pyrrole nitrogens is 1. The van der Waals surface area contributed by atoms with Gasteiger partial charge in [0.2, 0.25) is 5.82 Å². The minimum atomic E-state index is -0.362. The van der Waals surface area contributed by atoms with Crippen molar-refractivity contribution in [2.24, 2.45) is 0 Å². The van der Waals surface area contributed by atoms with Crippen LogP contribution in [0.25, 0.3) is 0 Å². The predicted octanol–water partition coefficient (Wildman–Crippen LogP) is 1.61. The molecule has 1 aromatic carbocycles. The van der Waals surface area contributed by atoms with Crippen LogP contribution in [0.2, 0.25) is 0 Å². The topological polar surface area (TPSA) is 88.5 Å². The fourth-order valence-corrected chi connectivity index (χ4v) is 1.92. The van der Waals surface area contributed by atoms with Crippen LogP contribution >= 0.6 is 0 Å². The monoisotopic (exact) mass is 282 g/mol. The lowest BCUT2D eigenvalue weighted by Gasteiger charge is -2.01. The zero-order valence-corrected chi connectivity index (χ0v) is 11.4. The van der Waals surface area contributed by atoms with Crippen molar-refractivity contribution < 1.29 is 4.79 Å².